The van der Waals surface area contributed by atoms with Gasteiger partial charge in [0.25, 0.3) is 0 Å². The van der Waals surface area contributed by atoms with Crippen molar-refractivity contribution in [1.29, 1.82) is 0 Å². The number of anilines is 1. The lowest BCUT2D eigenvalue weighted by atomic mass is 9.85. The molecule has 3 aromatic rings. The Bertz CT molecular complexity index is 1650. The highest BCUT2D eigenvalue weighted by atomic mass is 32.2. The molecule has 1 saturated heterocycles. The van der Waals surface area contributed by atoms with Crippen molar-refractivity contribution in [3.63, 3.8) is 0 Å². The molecule has 0 bridgehead atoms. The topological polar surface area (TPSA) is 138 Å². The molecule has 3 amide bonds. The largest absolute Gasteiger partial charge is 0.352 e. The highest BCUT2D eigenvalue weighted by molar-refractivity contribution is 7.90. The van der Waals surface area contributed by atoms with E-state index in [-0.39, 0.29) is 34.9 Å². The molecule has 47 heavy (non-hydrogen) atoms. The van der Waals surface area contributed by atoms with Crippen molar-refractivity contribution in [2.45, 2.75) is 82.7 Å². The Balaban J connectivity index is 0.000000393. The number of thiazole rings is 1. The molecule has 3 fully saturated rings. The number of carbonyl (C=O) groups excluding carboxylic acids is 3. The zero-order valence-electron chi connectivity index (χ0n) is 27.3. The van der Waals surface area contributed by atoms with Crippen molar-refractivity contribution in [2.24, 2.45) is 5.41 Å². The summed E-state index contributed by atoms with van der Waals surface area (Å²) in [7, 11) is -3.26. The fourth-order valence-electron chi connectivity index (χ4n) is 5.13. The first kappa shape index (κ1) is 37.2. The van der Waals surface area contributed by atoms with Crippen LogP contribution in [0.25, 0.3) is 22.0 Å². The third kappa shape index (κ3) is 10.1. The van der Waals surface area contributed by atoms with E-state index in [1.807, 2.05) is 17.5 Å². The van der Waals surface area contributed by atoms with Crippen LogP contribution in [0.2, 0.25) is 0 Å². The van der Waals surface area contributed by atoms with Crippen LogP contribution in [0.4, 0.5) is 5.13 Å². The van der Waals surface area contributed by atoms with Crippen molar-refractivity contribution in [1.82, 2.24) is 19.9 Å². The minimum absolute atomic E-state index is 0.00570. The van der Waals surface area contributed by atoms with E-state index in [4.69, 9.17) is 4.98 Å². The van der Waals surface area contributed by atoms with Crippen LogP contribution in [-0.2, 0) is 24.4 Å². The molecule has 0 spiro atoms. The summed E-state index contributed by atoms with van der Waals surface area (Å²) in [5.74, 6) is -0.0303. The molecule has 2 heterocycles. The summed E-state index contributed by atoms with van der Waals surface area (Å²) < 4.78 is 23.1. The van der Waals surface area contributed by atoms with Crippen LogP contribution in [0, 0.1) is 18.3 Å². The minimum Gasteiger partial charge on any atom is -0.352 e. The third-order valence-electron chi connectivity index (χ3n) is 7.87. The van der Waals surface area contributed by atoms with Crippen LogP contribution in [0.5, 0.6) is 0 Å². The van der Waals surface area contributed by atoms with Gasteiger partial charge in [0.2, 0.25) is 28.2 Å². The van der Waals surface area contributed by atoms with Crippen LogP contribution in [0.15, 0.2) is 61.0 Å². The molecular formula is C35H45N5O5S2. The molecule has 2 saturated carbocycles. The molecule has 1 aliphatic heterocycles. The summed E-state index contributed by atoms with van der Waals surface area (Å²) in [6.45, 7) is 12.8. The summed E-state index contributed by atoms with van der Waals surface area (Å²) in [6.07, 6.45) is 13.2. The summed E-state index contributed by atoms with van der Waals surface area (Å²) in [4.78, 5) is 42.7. The smallest absolute Gasteiger partial charge is 0.246 e. The predicted molar refractivity (Wildman–Crippen MR) is 190 cm³/mol. The Hall–Kier alpha value is -4.21. The molecule has 1 aromatic heterocycles. The van der Waals surface area contributed by atoms with Crippen LogP contribution in [0.3, 0.4) is 0 Å². The van der Waals surface area contributed by atoms with Crippen LogP contribution < -0.4 is 15.4 Å². The Morgan fingerprint density at radius 1 is 1.04 bits per heavy atom. The quantitative estimate of drug-likeness (QED) is 0.158. The van der Waals surface area contributed by atoms with Gasteiger partial charge < -0.3 is 15.5 Å². The average molecular weight is 680 g/mol. The van der Waals surface area contributed by atoms with Gasteiger partial charge >= 0.3 is 0 Å². The van der Waals surface area contributed by atoms with E-state index in [1.165, 1.54) is 22.1 Å². The van der Waals surface area contributed by atoms with Crippen molar-refractivity contribution in [3.05, 3.63) is 61.0 Å². The summed E-state index contributed by atoms with van der Waals surface area (Å²) >= 11 is 1.51. The average Bonchev–Trinajstić information content (AvgIpc) is 3.99. The van der Waals surface area contributed by atoms with E-state index in [9.17, 15) is 22.8 Å². The zero-order chi connectivity index (χ0) is 34.8. The second kappa shape index (κ2) is 16.6. The van der Waals surface area contributed by atoms with E-state index in [2.05, 4.69) is 87.7 Å². The van der Waals surface area contributed by atoms with Gasteiger partial charge in [0.05, 0.1) is 10.9 Å². The number of rotatable bonds is 9. The Labute approximate surface area is 282 Å². The first-order valence-corrected chi connectivity index (χ1v) is 18.0. The maximum atomic E-state index is 13.7. The first-order chi connectivity index (χ1) is 22.5. The number of terminal acetylenes is 1. The molecule has 0 unspecified atom stereocenters. The lowest BCUT2D eigenvalue weighted by Crippen LogP contribution is -2.54. The molecule has 12 heteroatoms. The van der Waals surface area contributed by atoms with Gasteiger partial charge in [-0.3, -0.25) is 19.1 Å². The van der Waals surface area contributed by atoms with Gasteiger partial charge in [-0.2, -0.15) is 0 Å². The van der Waals surface area contributed by atoms with E-state index in [0.29, 0.717) is 25.4 Å². The molecule has 3 N–H and O–H groups in total. The van der Waals surface area contributed by atoms with Gasteiger partial charge in [0.15, 0.2) is 5.13 Å². The lowest BCUT2D eigenvalue weighted by molar-refractivity contribution is -0.140. The Morgan fingerprint density at radius 3 is 2.30 bits per heavy atom. The molecule has 2 aromatic carbocycles. The second-order valence-electron chi connectivity index (χ2n) is 12.5. The molecule has 0 radical (unpaired) electrons. The molecule has 3 aliphatic rings. The van der Waals surface area contributed by atoms with E-state index < -0.39 is 16.1 Å². The van der Waals surface area contributed by atoms with Gasteiger partial charge in [0.1, 0.15) is 12.1 Å². The molecule has 2 atom stereocenters. The fraction of sp³-hybridized carbons (Fsp3) is 0.429. The van der Waals surface area contributed by atoms with Crippen molar-refractivity contribution < 1.29 is 22.8 Å². The van der Waals surface area contributed by atoms with E-state index in [1.54, 1.807) is 9.62 Å². The fourth-order valence-corrected chi connectivity index (χ4v) is 6.96. The maximum Gasteiger partial charge on any atom is 0.246 e. The Morgan fingerprint density at radius 2 is 1.70 bits per heavy atom. The van der Waals surface area contributed by atoms with Gasteiger partial charge in [-0.25, -0.2) is 13.4 Å². The summed E-state index contributed by atoms with van der Waals surface area (Å²) in [6, 6.07) is 14.1. The number of nitrogens with one attached hydrogen (secondary N) is 3. The van der Waals surface area contributed by atoms with Crippen LogP contribution in [-0.4, -0.2) is 66.4 Å². The minimum atomic E-state index is -3.26. The summed E-state index contributed by atoms with van der Waals surface area (Å²) in [5, 5.41) is 11.3. The SMILES string of the molecule is C#C.C=C.CC(C)(C)[C@H](Nc1nc(-c2ccc3ccccc3c2)cs1)C(=O)N1CCC[C@H]1C(=O)NC1CC1.O=CNS(=O)(=O)C1CC1. The zero-order valence-corrected chi connectivity index (χ0v) is 28.9. The normalized spacial score (nSPS) is 17.7. The molecule has 2 aliphatic carbocycles. The number of aromatic nitrogens is 1. The van der Waals surface area contributed by atoms with E-state index >= 15 is 0 Å². The number of hydrogen-bond donors (Lipinski definition) is 3. The molecule has 252 valence electrons. The first-order valence-electron chi connectivity index (χ1n) is 15.6. The van der Waals surface area contributed by atoms with Gasteiger partial charge in [-0.1, -0.05) is 57.2 Å². The maximum absolute atomic E-state index is 13.7. The predicted octanol–water partition coefficient (Wildman–Crippen LogP) is 5.34. The van der Waals surface area contributed by atoms with Crippen molar-refractivity contribution >= 4 is 55.5 Å². The lowest BCUT2D eigenvalue weighted by Gasteiger charge is -2.35. The third-order valence-corrected chi connectivity index (χ3v) is 10.4. The highest BCUT2D eigenvalue weighted by Crippen LogP contribution is 2.32. The van der Waals surface area contributed by atoms with Crippen LogP contribution in [0.1, 0.15) is 59.3 Å². The van der Waals surface area contributed by atoms with Crippen molar-refractivity contribution in [3.8, 4) is 24.1 Å². The second-order valence-corrected chi connectivity index (χ2v) is 15.3. The standard InChI is InChI=1S/C27H32N4O2S.C4H7NO3S.C2H4.C2H2/c1-27(2,3)23(25(33)31-14-6-9-22(31)24(32)28-20-12-13-20)30-26-29-21(16-34-26)19-11-10-17-7-4-5-8-18(17)15-19;6-3-5-9(7,8)4-1-2-4;2*1-2/h4-5,7-8,10-11,15-16,20,22-23H,6,9,12-14H2,1-3H3,(H,28,32)(H,29,30);3-4H,1-2H2,(H,5,6);1-2H2;1-2H/t22-,23+;;;/m0.../s1. The number of benzene rings is 2. The van der Waals surface area contributed by atoms with Gasteiger partial charge in [-0.15, -0.1) is 37.3 Å². The number of likely N-dealkylation sites (tertiary alicyclic amines) is 1. The monoisotopic (exact) mass is 679 g/mol. The van der Waals surface area contributed by atoms with Crippen LogP contribution >= 0.6 is 11.3 Å². The molecule has 6 rings (SSSR count). The number of fused-ring (bicyclic) bond motifs is 1. The number of amides is 3. The number of hydrogen-bond acceptors (Lipinski definition) is 8. The summed E-state index contributed by atoms with van der Waals surface area (Å²) in [5.41, 5.74) is 1.60. The number of carbonyl (C=O) groups is 3. The van der Waals surface area contributed by atoms with Gasteiger partial charge in [-0.05, 0) is 60.8 Å². The Kier molecular flexibility index (Phi) is 13.1. The number of nitrogens with zero attached hydrogens (tertiary/aromatic N) is 2. The van der Waals surface area contributed by atoms with Crippen molar-refractivity contribution in [2.75, 3.05) is 11.9 Å². The van der Waals surface area contributed by atoms with Gasteiger partial charge in [0, 0.05) is 23.5 Å². The highest BCUT2D eigenvalue weighted by Gasteiger charge is 2.42. The number of sulfonamides is 1. The molecule has 10 nitrogen and oxygen atoms in total. The molecular weight excluding hydrogens is 635 g/mol. The van der Waals surface area contributed by atoms with E-state index in [0.717, 1.165) is 42.1 Å².